The van der Waals surface area contributed by atoms with Gasteiger partial charge in [-0.05, 0) is 30.5 Å². The van der Waals surface area contributed by atoms with Gasteiger partial charge >= 0.3 is 0 Å². The van der Waals surface area contributed by atoms with E-state index in [2.05, 4.69) is 16.0 Å². The van der Waals surface area contributed by atoms with Crippen molar-refractivity contribution in [3.05, 3.63) is 59.8 Å². The number of pyridine rings is 1. The van der Waals surface area contributed by atoms with Crippen molar-refractivity contribution in [2.45, 2.75) is 24.9 Å². The number of hydrogen-bond acceptors (Lipinski definition) is 5. The zero-order chi connectivity index (χ0) is 19.4. The minimum absolute atomic E-state index is 0.178. The molecule has 1 aromatic carbocycles. The highest BCUT2D eigenvalue weighted by atomic mass is 16.5. The van der Waals surface area contributed by atoms with Crippen LogP contribution in [0.5, 0.6) is 0 Å². The second-order valence-electron chi connectivity index (χ2n) is 7.49. The van der Waals surface area contributed by atoms with Gasteiger partial charge in [-0.15, -0.1) is 0 Å². The van der Waals surface area contributed by atoms with Gasteiger partial charge in [-0.1, -0.05) is 36.4 Å². The van der Waals surface area contributed by atoms with Crippen LogP contribution < -0.4 is 4.90 Å². The number of hydrogen-bond donors (Lipinski definition) is 0. The number of likely N-dealkylation sites (tertiary alicyclic amines) is 1. The summed E-state index contributed by atoms with van der Waals surface area (Å²) in [5.74, 6) is 1.00. The third-order valence-corrected chi connectivity index (χ3v) is 5.65. The molecule has 2 saturated heterocycles. The minimum atomic E-state index is -0.244. The largest absolute Gasteiger partial charge is 0.371 e. The third kappa shape index (κ3) is 4.00. The number of morpholine rings is 1. The van der Waals surface area contributed by atoms with Gasteiger partial charge in [0.05, 0.1) is 18.6 Å². The summed E-state index contributed by atoms with van der Waals surface area (Å²) >= 11 is 0. The molecule has 0 N–H and O–H groups in total. The monoisotopic (exact) mass is 376 g/mol. The number of carbonyl (C=O) groups is 1. The molecule has 6 heteroatoms. The molecule has 0 atom stereocenters. The van der Waals surface area contributed by atoms with E-state index in [0.29, 0.717) is 31.8 Å². The average molecular weight is 376 g/mol. The molecule has 4 rings (SSSR count). The molecule has 6 nitrogen and oxygen atoms in total. The SMILES string of the molecule is N#Cc1cccc(N2CCOC3(CCN(C(=O)Cc4ccccc4)CC3)C2)n1. The number of piperidine rings is 1. The second kappa shape index (κ2) is 7.99. The van der Waals surface area contributed by atoms with Crippen LogP contribution in [0.25, 0.3) is 0 Å². The summed E-state index contributed by atoms with van der Waals surface area (Å²) in [6, 6.07) is 17.5. The molecule has 0 bridgehead atoms. The molecule has 0 aliphatic carbocycles. The molecular formula is C22H24N4O2. The van der Waals surface area contributed by atoms with E-state index in [-0.39, 0.29) is 11.5 Å². The maximum Gasteiger partial charge on any atom is 0.226 e. The molecule has 2 aliphatic rings. The molecule has 1 aromatic heterocycles. The van der Waals surface area contributed by atoms with Crippen LogP contribution in [0.2, 0.25) is 0 Å². The van der Waals surface area contributed by atoms with Gasteiger partial charge in [0.25, 0.3) is 0 Å². The summed E-state index contributed by atoms with van der Waals surface area (Å²) in [4.78, 5) is 21.2. The number of anilines is 1. The van der Waals surface area contributed by atoms with Crippen LogP contribution in [0.3, 0.4) is 0 Å². The normalized spacial score (nSPS) is 18.7. The summed E-state index contributed by atoms with van der Waals surface area (Å²) in [6.07, 6.45) is 2.09. The topological polar surface area (TPSA) is 69.5 Å². The zero-order valence-corrected chi connectivity index (χ0v) is 15.9. The van der Waals surface area contributed by atoms with Crippen LogP contribution in [0, 0.1) is 11.3 Å². The maximum absolute atomic E-state index is 12.6. The van der Waals surface area contributed by atoms with Gasteiger partial charge in [0, 0.05) is 26.2 Å². The summed E-state index contributed by atoms with van der Waals surface area (Å²) in [5, 5.41) is 9.10. The Labute approximate surface area is 165 Å². The maximum atomic E-state index is 12.6. The molecule has 2 aromatic rings. The van der Waals surface area contributed by atoms with Gasteiger partial charge in [-0.25, -0.2) is 4.98 Å². The van der Waals surface area contributed by atoms with Gasteiger partial charge < -0.3 is 14.5 Å². The number of benzene rings is 1. The van der Waals surface area contributed by atoms with Gasteiger partial charge in [0.15, 0.2) is 0 Å². The van der Waals surface area contributed by atoms with Crippen molar-refractivity contribution in [2.75, 3.05) is 37.7 Å². The Balaban J connectivity index is 1.38. The van der Waals surface area contributed by atoms with Crippen molar-refractivity contribution in [1.82, 2.24) is 9.88 Å². The lowest BCUT2D eigenvalue weighted by molar-refractivity contribution is -0.138. The fraction of sp³-hybridized carbons (Fsp3) is 0.409. The van der Waals surface area contributed by atoms with E-state index in [9.17, 15) is 4.79 Å². The quantitative estimate of drug-likeness (QED) is 0.823. The van der Waals surface area contributed by atoms with E-state index in [0.717, 1.165) is 37.3 Å². The molecule has 28 heavy (non-hydrogen) atoms. The zero-order valence-electron chi connectivity index (χ0n) is 15.9. The number of amides is 1. The third-order valence-electron chi connectivity index (χ3n) is 5.65. The van der Waals surface area contributed by atoms with Crippen molar-refractivity contribution >= 4 is 11.7 Å². The highest BCUT2D eigenvalue weighted by Gasteiger charge is 2.41. The number of nitrogens with zero attached hydrogens (tertiary/aromatic N) is 4. The first kappa shape index (κ1) is 18.5. The van der Waals surface area contributed by atoms with E-state index in [1.54, 1.807) is 6.07 Å². The van der Waals surface area contributed by atoms with Crippen LogP contribution in [0.4, 0.5) is 5.82 Å². The van der Waals surface area contributed by atoms with Crippen LogP contribution in [0.1, 0.15) is 24.1 Å². The van der Waals surface area contributed by atoms with E-state index in [4.69, 9.17) is 10.00 Å². The van der Waals surface area contributed by atoms with Crippen LogP contribution >= 0.6 is 0 Å². The van der Waals surface area contributed by atoms with Crippen LogP contribution in [-0.2, 0) is 16.0 Å². The predicted molar refractivity (Wildman–Crippen MR) is 106 cm³/mol. The molecule has 0 unspecified atom stereocenters. The van der Waals surface area contributed by atoms with E-state index in [1.807, 2.05) is 47.4 Å². The Kier molecular flexibility index (Phi) is 5.27. The lowest BCUT2D eigenvalue weighted by Crippen LogP contribution is -2.58. The highest BCUT2D eigenvalue weighted by Crippen LogP contribution is 2.32. The molecule has 1 spiro atoms. The lowest BCUT2D eigenvalue weighted by Gasteiger charge is -2.47. The number of carbonyl (C=O) groups excluding carboxylic acids is 1. The molecule has 2 aliphatic heterocycles. The summed E-state index contributed by atoms with van der Waals surface area (Å²) < 4.78 is 6.19. The van der Waals surface area contributed by atoms with Gasteiger partial charge in [-0.3, -0.25) is 4.79 Å². The smallest absolute Gasteiger partial charge is 0.226 e. The van der Waals surface area contributed by atoms with Crippen molar-refractivity contribution in [3.63, 3.8) is 0 Å². The number of nitriles is 1. The molecule has 1 amide bonds. The van der Waals surface area contributed by atoms with Gasteiger partial charge in [-0.2, -0.15) is 5.26 Å². The molecule has 3 heterocycles. The fourth-order valence-corrected chi connectivity index (χ4v) is 4.05. The highest BCUT2D eigenvalue weighted by molar-refractivity contribution is 5.78. The predicted octanol–water partition coefficient (Wildman–Crippen LogP) is 2.39. The Bertz CT molecular complexity index is 870. The summed E-state index contributed by atoms with van der Waals surface area (Å²) in [7, 11) is 0. The van der Waals surface area contributed by atoms with Gasteiger partial charge in [0.1, 0.15) is 17.6 Å². The molecule has 0 saturated carbocycles. The van der Waals surface area contributed by atoms with Crippen LogP contribution in [0.15, 0.2) is 48.5 Å². The molecule has 2 fully saturated rings. The van der Waals surface area contributed by atoms with Crippen molar-refractivity contribution in [3.8, 4) is 6.07 Å². The molecule has 0 radical (unpaired) electrons. The number of rotatable bonds is 3. The van der Waals surface area contributed by atoms with E-state index < -0.39 is 0 Å². The summed E-state index contributed by atoms with van der Waals surface area (Å²) in [6.45, 7) is 3.57. The summed E-state index contributed by atoms with van der Waals surface area (Å²) in [5.41, 5.74) is 1.24. The number of aromatic nitrogens is 1. The minimum Gasteiger partial charge on any atom is -0.371 e. The second-order valence-corrected chi connectivity index (χ2v) is 7.49. The lowest BCUT2D eigenvalue weighted by atomic mass is 9.89. The Morgan fingerprint density at radius 3 is 2.64 bits per heavy atom. The van der Waals surface area contributed by atoms with Gasteiger partial charge in [0.2, 0.25) is 5.91 Å². The first-order valence-electron chi connectivity index (χ1n) is 9.75. The van der Waals surface area contributed by atoms with Crippen molar-refractivity contribution in [2.24, 2.45) is 0 Å². The molecular weight excluding hydrogens is 352 g/mol. The Morgan fingerprint density at radius 2 is 1.89 bits per heavy atom. The molecule has 144 valence electrons. The van der Waals surface area contributed by atoms with Crippen LogP contribution in [-0.4, -0.2) is 54.2 Å². The fourth-order valence-electron chi connectivity index (χ4n) is 4.05. The standard InChI is InChI=1S/C22H24N4O2/c23-16-19-7-4-8-20(24-19)26-13-14-28-22(17-26)9-11-25(12-10-22)21(27)15-18-5-2-1-3-6-18/h1-8H,9-15,17H2. The average Bonchev–Trinajstić information content (AvgIpc) is 2.75. The first-order valence-corrected chi connectivity index (χ1v) is 9.75. The van der Waals surface area contributed by atoms with Crippen molar-refractivity contribution < 1.29 is 9.53 Å². The number of ether oxygens (including phenoxy) is 1. The first-order chi connectivity index (χ1) is 13.7. The van der Waals surface area contributed by atoms with E-state index >= 15 is 0 Å². The van der Waals surface area contributed by atoms with Crippen molar-refractivity contribution in [1.29, 1.82) is 5.26 Å². The Hall–Kier alpha value is -2.91. The van der Waals surface area contributed by atoms with E-state index in [1.165, 1.54) is 0 Å². The Morgan fingerprint density at radius 1 is 1.11 bits per heavy atom.